The second-order valence-corrected chi connectivity index (χ2v) is 4.58. The number of nitrogens with zero attached hydrogens (tertiary/aromatic N) is 1. The highest BCUT2D eigenvalue weighted by atomic mass is 16.2. The summed E-state index contributed by atoms with van der Waals surface area (Å²) >= 11 is 0. The Kier molecular flexibility index (Phi) is 2.81. The van der Waals surface area contributed by atoms with Crippen LogP contribution in [0.3, 0.4) is 0 Å². The van der Waals surface area contributed by atoms with E-state index in [0.29, 0.717) is 0 Å². The number of pyridine rings is 1. The molecule has 0 bridgehead atoms. The number of anilines is 1. The Morgan fingerprint density at radius 1 is 1.11 bits per heavy atom. The van der Waals surface area contributed by atoms with Crippen LogP contribution in [-0.4, -0.2) is 10.9 Å². The average molecular weight is 238 g/mol. The lowest BCUT2D eigenvalue weighted by atomic mass is 10.1. The van der Waals surface area contributed by atoms with E-state index in [1.165, 1.54) is 0 Å². The molecule has 3 heteroatoms. The minimum atomic E-state index is 0.143. The summed E-state index contributed by atoms with van der Waals surface area (Å²) in [7, 11) is 0. The van der Waals surface area contributed by atoms with Gasteiger partial charge in [-0.2, -0.15) is 0 Å². The third kappa shape index (κ3) is 2.40. The summed E-state index contributed by atoms with van der Waals surface area (Å²) in [6.07, 6.45) is 5.64. The molecule has 0 saturated heterocycles. The van der Waals surface area contributed by atoms with Gasteiger partial charge in [0.2, 0.25) is 5.91 Å². The molecule has 1 N–H and O–H groups in total. The summed E-state index contributed by atoms with van der Waals surface area (Å²) < 4.78 is 0. The third-order valence-corrected chi connectivity index (χ3v) is 3.10. The molecule has 18 heavy (non-hydrogen) atoms. The molecule has 1 saturated carbocycles. The van der Waals surface area contributed by atoms with Crippen LogP contribution in [0.2, 0.25) is 0 Å². The van der Waals surface area contributed by atoms with Crippen molar-refractivity contribution in [2.45, 2.75) is 12.8 Å². The summed E-state index contributed by atoms with van der Waals surface area (Å²) in [5.74, 6) is 0.382. The Morgan fingerprint density at radius 3 is 2.50 bits per heavy atom. The van der Waals surface area contributed by atoms with Gasteiger partial charge in [-0.05, 0) is 42.2 Å². The maximum Gasteiger partial charge on any atom is 0.227 e. The van der Waals surface area contributed by atoms with Gasteiger partial charge in [-0.25, -0.2) is 0 Å². The lowest BCUT2D eigenvalue weighted by molar-refractivity contribution is -0.117. The first-order chi connectivity index (χ1) is 8.83. The lowest BCUT2D eigenvalue weighted by Crippen LogP contribution is -2.12. The van der Waals surface area contributed by atoms with Gasteiger partial charge in [0.1, 0.15) is 0 Å². The zero-order chi connectivity index (χ0) is 12.4. The smallest absolute Gasteiger partial charge is 0.227 e. The molecule has 3 rings (SSSR count). The molecule has 1 amide bonds. The van der Waals surface area contributed by atoms with Crippen molar-refractivity contribution in [2.75, 3.05) is 5.32 Å². The molecule has 2 aromatic rings. The van der Waals surface area contributed by atoms with Crippen LogP contribution < -0.4 is 5.32 Å². The highest BCUT2D eigenvalue weighted by Gasteiger charge is 2.29. The maximum atomic E-state index is 11.6. The molecule has 1 aliphatic carbocycles. The highest BCUT2D eigenvalue weighted by Crippen LogP contribution is 2.30. The molecule has 0 unspecified atom stereocenters. The number of hydrogen-bond donors (Lipinski definition) is 1. The monoisotopic (exact) mass is 238 g/mol. The van der Waals surface area contributed by atoms with Crippen molar-refractivity contribution in [1.29, 1.82) is 0 Å². The maximum absolute atomic E-state index is 11.6. The fourth-order valence-electron chi connectivity index (χ4n) is 1.87. The Balaban J connectivity index is 1.74. The van der Waals surface area contributed by atoms with Gasteiger partial charge in [-0.15, -0.1) is 0 Å². The molecule has 90 valence electrons. The van der Waals surface area contributed by atoms with Crippen LogP contribution in [-0.2, 0) is 4.79 Å². The summed E-state index contributed by atoms with van der Waals surface area (Å²) in [6, 6.07) is 11.8. The third-order valence-electron chi connectivity index (χ3n) is 3.10. The Bertz CT molecular complexity index is 544. The fourth-order valence-corrected chi connectivity index (χ4v) is 1.87. The minimum absolute atomic E-state index is 0.143. The zero-order valence-electron chi connectivity index (χ0n) is 9.97. The normalized spacial score (nSPS) is 14.2. The van der Waals surface area contributed by atoms with E-state index in [9.17, 15) is 4.79 Å². The van der Waals surface area contributed by atoms with Gasteiger partial charge in [0.05, 0.1) is 0 Å². The van der Waals surface area contributed by atoms with Crippen LogP contribution in [0.25, 0.3) is 11.1 Å². The first-order valence-corrected chi connectivity index (χ1v) is 6.14. The van der Waals surface area contributed by atoms with E-state index in [1.807, 2.05) is 42.6 Å². The summed E-state index contributed by atoms with van der Waals surface area (Å²) in [5, 5.41) is 2.93. The van der Waals surface area contributed by atoms with Crippen molar-refractivity contribution in [3.8, 4) is 11.1 Å². The number of nitrogens with one attached hydrogen (secondary N) is 1. The molecular formula is C15H14N2O. The number of hydrogen-bond acceptors (Lipinski definition) is 2. The first-order valence-electron chi connectivity index (χ1n) is 6.14. The molecule has 0 spiro atoms. The number of rotatable bonds is 3. The quantitative estimate of drug-likeness (QED) is 0.892. The van der Waals surface area contributed by atoms with E-state index in [0.717, 1.165) is 29.7 Å². The Labute approximate surface area is 106 Å². The average Bonchev–Trinajstić information content (AvgIpc) is 3.25. The lowest BCUT2D eigenvalue weighted by Gasteiger charge is -2.05. The van der Waals surface area contributed by atoms with Gasteiger partial charge in [-0.3, -0.25) is 9.78 Å². The predicted octanol–water partition coefficient (Wildman–Crippen LogP) is 3.10. The van der Waals surface area contributed by atoms with Crippen molar-refractivity contribution in [2.24, 2.45) is 5.92 Å². The summed E-state index contributed by atoms with van der Waals surface area (Å²) in [4.78, 5) is 15.7. The van der Waals surface area contributed by atoms with E-state index in [-0.39, 0.29) is 11.8 Å². The van der Waals surface area contributed by atoms with Gasteiger partial charge < -0.3 is 5.32 Å². The number of carbonyl (C=O) groups excluding carboxylic acids is 1. The van der Waals surface area contributed by atoms with E-state index >= 15 is 0 Å². The molecule has 3 nitrogen and oxygen atoms in total. The van der Waals surface area contributed by atoms with Crippen molar-refractivity contribution in [3.05, 3.63) is 48.8 Å². The van der Waals surface area contributed by atoms with Crippen molar-refractivity contribution in [3.63, 3.8) is 0 Å². The van der Waals surface area contributed by atoms with Gasteiger partial charge in [0.15, 0.2) is 0 Å². The highest BCUT2D eigenvalue weighted by molar-refractivity contribution is 5.94. The molecule has 1 heterocycles. The Hall–Kier alpha value is -2.16. The second kappa shape index (κ2) is 4.61. The van der Waals surface area contributed by atoms with Crippen LogP contribution in [0, 0.1) is 5.92 Å². The predicted molar refractivity (Wildman–Crippen MR) is 71.0 cm³/mol. The molecule has 1 aromatic heterocycles. The summed E-state index contributed by atoms with van der Waals surface area (Å²) in [5.41, 5.74) is 3.05. The van der Waals surface area contributed by atoms with Gasteiger partial charge in [0, 0.05) is 24.0 Å². The first kappa shape index (κ1) is 11.0. The SMILES string of the molecule is O=C(Nc1ccc(-c2cccnc2)cc1)C1CC1. The molecule has 1 aromatic carbocycles. The van der Waals surface area contributed by atoms with Crippen molar-refractivity contribution >= 4 is 11.6 Å². The molecule has 0 radical (unpaired) electrons. The number of amides is 1. The van der Waals surface area contributed by atoms with Gasteiger partial charge in [0.25, 0.3) is 0 Å². The van der Waals surface area contributed by atoms with Crippen molar-refractivity contribution in [1.82, 2.24) is 4.98 Å². The zero-order valence-corrected chi connectivity index (χ0v) is 9.97. The largest absolute Gasteiger partial charge is 0.326 e. The van der Waals surface area contributed by atoms with E-state index in [4.69, 9.17) is 0 Å². The number of benzene rings is 1. The Morgan fingerprint density at radius 2 is 1.89 bits per heavy atom. The van der Waals surface area contributed by atoms with Crippen LogP contribution in [0.5, 0.6) is 0 Å². The fraction of sp³-hybridized carbons (Fsp3) is 0.200. The number of carbonyl (C=O) groups is 1. The summed E-state index contributed by atoms with van der Waals surface area (Å²) in [6.45, 7) is 0. The number of aromatic nitrogens is 1. The van der Waals surface area contributed by atoms with Crippen LogP contribution in [0.15, 0.2) is 48.8 Å². The van der Waals surface area contributed by atoms with Crippen LogP contribution in [0.4, 0.5) is 5.69 Å². The van der Waals surface area contributed by atoms with E-state index < -0.39 is 0 Å². The van der Waals surface area contributed by atoms with Crippen LogP contribution in [0.1, 0.15) is 12.8 Å². The molecule has 1 aliphatic rings. The van der Waals surface area contributed by atoms with Gasteiger partial charge in [-0.1, -0.05) is 18.2 Å². The van der Waals surface area contributed by atoms with Crippen molar-refractivity contribution < 1.29 is 4.79 Å². The van der Waals surface area contributed by atoms with Crippen LogP contribution >= 0.6 is 0 Å². The topological polar surface area (TPSA) is 42.0 Å². The minimum Gasteiger partial charge on any atom is -0.326 e. The molecule has 0 aliphatic heterocycles. The second-order valence-electron chi connectivity index (χ2n) is 4.58. The molecular weight excluding hydrogens is 224 g/mol. The standard InChI is InChI=1S/C15H14N2O/c18-15(12-3-4-12)17-14-7-5-11(6-8-14)13-2-1-9-16-10-13/h1-2,5-10,12H,3-4H2,(H,17,18). The molecule has 1 fully saturated rings. The van der Waals surface area contributed by atoms with Gasteiger partial charge >= 0.3 is 0 Å². The molecule has 0 atom stereocenters. The van der Waals surface area contributed by atoms with E-state index in [2.05, 4.69) is 10.3 Å². The van der Waals surface area contributed by atoms with E-state index in [1.54, 1.807) is 6.20 Å².